The smallest absolute Gasteiger partial charge is 0.399 e. The molecule has 0 saturated carbocycles. The van der Waals surface area contributed by atoms with Gasteiger partial charge in [-0.05, 0) is 95.2 Å². The number of benzene rings is 2. The summed E-state index contributed by atoms with van der Waals surface area (Å²) in [5.74, 6) is 0. The minimum atomic E-state index is -0.518. The molecule has 0 aliphatic carbocycles. The molecule has 1 aromatic heterocycles. The van der Waals surface area contributed by atoms with E-state index in [0.717, 1.165) is 40.9 Å². The van der Waals surface area contributed by atoms with Crippen molar-refractivity contribution in [3.8, 4) is 5.69 Å². The van der Waals surface area contributed by atoms with Crippen LogP contribution in [0.5, 0.6) is 0 Å². The third-order valence-electron chi connectivity index (χ3n) is 7.68. The number of aryl methyl sites for hydroxylation is 1. The molecule has 0 radical (unpaired) electrons. The Labute approximate surface area is 207 Å². The molecular formula is C28H35BN2O4. The van der Waals surface area contributed by atoms with Crippen molar-refractivity contribution in [3.05, 3.63) is 64.6 Å². The van der Waals surface area contributed by atoms with Crippen molar-refractivity contribution >= 4 is 29.0 Å². The Morgan fingerprint density at radius 1 is 0.886 bits per heavy atom. The Balaban J connectivity index is 1.52. The number of nitrogens with zero attached hydrogens (tertiary/aromatic N) is 2. The van der Waals surface area contributed by atoms with Gasteiger partial charge < -0.3 is 18.9 Å². The standard InChI is InChI=1S/C28H35BN2O4/c1-18-15-31(22-13-11-21(12-14-22)30-16-19(2)33-20(3)17-30)26(32)23-9-8-10-24(25(18)23)29-34-27(4,5)28(6,7)35-29/h8-15,19-20H,16-17H2,1-7H3/t19-,20+. The van der Waals surface area contributed by atoms with Crippen LogP contribution in [0.15, 0.2) is 53.5 Å². The molecule has 5 rings (SSSR count). The van der Waals surface area contributed by atoms with Gasteiger partial charge in [0.05, 0.1) is 23.4 Å². The van der Waals surface area contributed by atoms with Gasteiger partial charge in [0.25, 0.3) is 5.56 Å². The lowest BCUT2D eigenvalue weighted by molar-refractivity contribution is -0.00521. The molecule has 35 heavy (non-hydrogen) atoms. The number of pyridine rings is 1. The summed E-state index contributed by atoms with van der Waals surface area (Å²) in [5, 5.41) is 1.57. The Morgan fingerprint density at radius 3 is 2.06 bits per heavy atom. The van der Waals surface area contributed by atoms with Gasteiger partial charge in [0.2, 0.25) is 0 Å². The fourth-order valence-electron chi connectivity index (χ4n) is 5.21. The monoisotopic (exact) mass is 474 g/mol. The van der Waals surface area contributed by atoms with Crippen molar-refractivity contribution in [2.75, 3.05) is 18.0 Å². The third kappa shape index (κ3) is 4.20. The van der Waals surface area contributed by atoms with E-state index in [4.69, 9.17) is 14.0 Å². The van der Waals surface area contributed by atoms with E-state index in [9.17, 15) is 4.79 Å². The number of ether oxygens (including phenoxy) is 1. The normalized spacial score (nSPS) is 23.7. The van der Waals surface area contributed by atoms with E-state index < -0.39 is 18.3 Å². The van der Waals surface area contributed by atoms with Crippen LogP contribution >= 0.6 is 0 Å². The number of rotatable bonds is 3. The summed E-state index contributed by atoms with van der Waals surface area (Å²) in [6, 6.07) is 14.0. The maximum absolute atomic E-state index is 13.6. The van der Waals surface area contributed by atoms with Gasteiger partial charge in [0.15, 0.2) is 0 Å². The highest BCUT2D eigenvalue weighted by Crippen LogP contribution is 2.37. The summed E-state index contributed by atoms with van der Waals surface area (Å²) in [5.41, 5.74) is 2.95. The SMILES string of the molecule is Cc1cn(-c2ccc(N3C[C@@H](C)O[C@@H](C)C3)cc2)c(=O)c2cccc(B3OC(C)(C)C(C)(C)O3)c12. The zero-order chi connectivity index (χ0) is 25.1. The van der Waals surface area contributed by atoms with Crippen LogP contribution in [-0.4, -0.2) is 48.2 Å². The Morgan fingerprint density at radius 2 is 1.46 bits per heavy atom. The van der Waals surface area contributed by atoms with Gasteiger partial charge in [-0.1, -0.05) is 12.1 Å². The van der Waals surface area contributed by atoms with Crippen molar-refractivity contribution in [2.45, 2.75) is 71.9 Å². The molecule has 2 aliphatic heterocycles. The number of hydrogen-bond donors (Lipinski definition) is 0. The lowest BCUT2D eigenvalue weighted by atomic mass is 9.75. The molecule has 7 heteroatoms. The zero-order valence-corrected chi connectivity index (χ0v) is 21.8. The molecule has 6 nitrogen and oxygen atoms in total. The first kappa shape index (κ1) is 24.1. The van der Waals surface area contributed by atoms with E-state index >= 15 is 0 Å². The highest BCUT2D eigenvalue weighted by molar-refractivity contribution is 6.65. The molecule has 184 valence electrons. The van der Waals surface area contributed by atoms with Crippen LogP contribution in [0.3, 0.4) is 0 Å². The fraction of sp³-hybridized carbons (Fsp3) is 0.464. The van der Waals surface area contributed by atoms with Crippen molar-refractivity contribution < 1.29 is 14.0 Å². The highest BCUT2D eigenvalue weighted by atomic mass is 16.7. The lowest BCUT2D eigenvalue weighted by Gasteiger charge is -2.36. The summed E-state index contributed by atoms with van der Waals surface area (Å²) in [4.78, 5) is 16.0. The van der Waals surface area contributed by atoms with Crippen LogP contribution < -0.4 is 15.9 Å². The van der Waals surface area contributed by atoms with Gasteiger partial charge in [0.1, 0.15) is 0 Å². The van der Waals surface area contributed by atoms with Gasteiger partial charge in [-0.25, -0.2) is 0 Å². The molecule has 3 heterocycles. The minimum absolute atomic E-state index is 0.0506. The summed E-state index contributed by atoms with van der Waals surface area (Å²) in [7, 11) is -0.518. The topological polar surface area (TPSA) is 52.9 Å². The van der Waals surface area contributed by atoms with Crippen molar-refractivity contribution in [3.63, 3.8) is 0 Å². The molecule has 0 amide bonds. The molecule has 2 aliphatic rings. The van der Waals surface area contributed by atoms with Gasteiger partial charge >= 0.3 is 7.12 Å². The van der Waals surface area contributed by atoms with Gasteiger partial charge in [-0.3, -0.25) is 9.36 Å². The molecule has 0 bridgehead atoms. The summed E-state index contributed by atoms with van der Waals surface area (Å²) < 4.78 is 20.2. The van der Waals surface area contributed by atoms with Crippen LogP contribution in [0.1, 0.15) is 47.1 Å². The first-order valence-corrected chi connectivity index (χ1v) is 12.5. The summed E-state index contributed by atoms with van der Waals surface area (Å²) >= 11 is 0. The molecule has 2 saturated heterocycles. The Kier molecular flexibility index (Phi) is 5.86. The number of morpholine rings is 1. The summed E-state index contributed by atoms with van der Waals surface area (Å²) in [6.07, 6.45) is 2.32. The second-order valence-corrected chi connectivity index (χ2v) is 11.0. The van der Waals surface area contributed by atoms with E-state index in [2.05, 4.69) is 30.9 Å². The molecule has 2 atom stereocenters. The van der Waals surface area contributed by atoms with E-state index in [-0.39, 0.29) is 17.8 Å². The predicted octanol–water partition coefficient (Wildman–Crippen LogP) is 4.21. The Hall–Kier alpha value is -2.61. The quantitative estimate of drug-likeness (QED) is 0.533. The highest BCUT2D eigenvalue weighted by Gasteiger charge is 2.52. The molecule has 0 N–H and O–H groups in total. The average molecular weight is 474 g/mol. The largest absolute Gasteiger partial charge is 0.495 e. The number of aromatic nitrogens is 1. The second kappa shape index (κ2) is 8.51. The molecule has 2 fully saturated rings. The predicted molar refractivity (Wildman–Crippen MR) is 142 cm³/mol. The van der Waals surface area contributed by atoms with Crippen LogP contribution in [0.25, 0.3) is 16.5 Å². The van der Waals surface area contributed by atoms with Crippen molar-refractivity contribution in [2.24, 2.45) is 0 Å². The van der Waals surface area contributed by atoms with Gasteiger partial charge in [0, 0.05) is 36.0 Å². The fourth-order valence-corrected chi connectivity index (χ4v) is 5.21. The van der Waals surface area contributed by atoms with Crippen LogP contribution in [0, 0.1) is 6.92 Å². The molecular weight excluding hydrogens is 439 g/mol. The van der Waals surface area contributed by atoms with Crippen LogP contribution in [0.2, 0.25) is 0 Å². The third-order valence-corrected chi connectivity index (χ3v) is 7.68. The second-order valence-electron chi connectivity index (χ2n) is 11.0. The van der Waals surface area contributed by atoms with Crippen molar-refractivity contribution in [1.29, 1.82) is 0 Å². The molecule has 2 aromatic carbocycles. The van der Waals surface area contributed by atoms with Crippen LogP contribution in [0.4, 0.5) is 5.69 Å². The number of anilines is 1. The first-order chi connectivity index (χ1) is 16.5. The average Bonchev–Trinajstić information content (AvgIpc) is 3.02. The van der Waals surface area contributed by atoms with Gasteiger partial charge in [-0.2, -0.15) is 0 Å². The first-order valence-electron chi connectivity index (χ1n) is 12.5. The maximum Gasteiger partial charge on any atom is 0.495 e. The van der Waals surface area contributed by atoms with E-state index in [0.29, 0.717) is 5.39 Å². The van der Waals surface area contributed by atoms with Crippen LogP contribution in [-0.2, 0) is 14.0 Å². The molecule has 3 aromatic rings. The van der Waals surface area contributed by atoms with Gasteiger partial charge in [-0.15, -0.1) is 0 Å². The molecule has 0 unspecified atom stereocenters. The Bertz CT molecular complexity index is 1290. The number of hydrogen-bond acceptors (Lipinski definition) is 5. The van der Waals surface area contributed by atoms with E-state index in [1.807, 2.05) is 71.1 Å². The van der Waals surface area contributed by atoms with E-state index in [1.54, 1.807) is 4.57 Å². The van der Waals surface area contributed by atoms with Crippen molar-refractivity contribution in [1.82, 2.24) is 4.57 Å². The summed E-state index contributed by atoms with van der Waals surface area (Å²) in [6.45, 7) is 16.1. The number of fused-ring (bicyclic) bond motifs is 1. The minimum Gasteiger partial charge on any atom is -0.399 e. The maximum atomic E-state index is 13.6. The molecule has 0 spiro atoms. The lowest BCUT2D eigenvalue weighted by Crippen LogP contribution is -2.45. The zero-order valence-electron chi connectivity index (χ0n) is 21.8. The van der Waals surface area contributed by atoms with E-state index in [1.165, 1.54) is 0 Å².